The van der Waals surface area contributed by atoms with E-state index in [4.69, 9.17) is 0 Å². The first kappa shape index (κ1) is 20.9. The largest absolute Gasteiger partial charge is 0.507 e. The van der Waals surface area contributed by atoms with Crippen LogP contribution in [-0.4, -0.2) is 5.11 Å². The lowest BCUT2D eigenvalue weighted by Gasteiger charge is -2.13. The Morgan fingerprint density at radius 3 is 2.24 bits per heavy atom. The molecule has 1 nitrogen and oxygen atoms in total. The van der Waals surface area contributed by atoms with Crippen molar-refractivity contribution in [3.05, 3.63) is 70.8 Å². The van der Waals surface area contributed by atoms with E-state index in [-0.39, 0.29) is 17.2 Å². The number of halogens is 2. The van der Waals surface area contributed by atoms with Crippen molar-refractivity contribution in [1.82, 2.24) is 0 Å². The molecule has 0 aromatic heterocycles. The number of hydrogen-bond donors (Lipinski definition) is 1. The van der Waals surface area contributed by atoms with Gasteiger partial charge in [-0.2, -0.15) is 0 Å². The molecular weight excluding hydrogens is 318 g/mol. The molecule has 2 aromatic rings. The van der Waals surface area contributed by atoms with Gasteiger partial charge < -0.3 is 5.11 Å². The van der Waals surface area contributed by atoms with Crippen molar-refractivity contribution in [2.45, 2.75) is 47.0 Å². The Morgan fingerprint density at radius 1 is 1.08 bits per heavy atom. The molecule has 0 saturated carbocycles. The topological polar surface area (TPSA) is 20.2 Å². The fraction of sp³-hybridized carbons (Fsp3) is 0.364. The Morgan fingerprint density at radius 2 is 1.68 bits per heavy atom. The smallest absolute Gasteiger partial charge is 0.129 e. The van der Waals surface area contributed by atoms with E-state index < -0.39 is 11.6 Å². The summed E-state index contributed by atoms with van der Waals surface area (Å²) in [5, 5.41) is 9.80. The van der Waals surface area contributed by atoms with Gasteiger partial charge in [-0.15, -0.1) is 0 Å². The predicted octanol–water partition coefficient (Wildman–Crippen LogP) is 6.68. The molecular formula is C22H28F2O. The number of rotatable bonds is 6. The van der Waals surface area contributed by atoms with Crippen LogP contribution in [0.3, 0.4) is 0 Å². The van der Waals surface area contributed by atoms with Crippen LogP contribution in [0.1, 0.15) is 50.3 Å². The van der Waals surface area contributed by atoms with Gasteiger partial charge in [0.15, 0.2) is 0 Å². The first-order chi connectivity index (χ1) is 12.0. The third-order valence-electron chi connectivity index (χ3n) is 3.98. The summed E-state index contributed by atoms with van der Waals surface area (Å²) in [6, 6.07) is 9.93. The molecule has 1 N–H and O–H groups in total. The van der Waals surface area contributed by atoms with Gasteiger partial charge in [0.1, 0.15) is 17.4 Å². The van der Waals surface area contributed by atoms with Crippen LogP contribution in [0.25, 0.3) is 6.08 Å². The average Bonchev–Trinajstić information content (AvgIpc) is 2.60. The minimum atomic E-state index is -0.500. The summed E-state index contributed by atoms with van der Waals surface area (Å²) in [5.74, 6) is -0.604. The molecule has 1 atom stereocenters. The number of benzene rings is 2. The molecule has 0 radical (unpaired) electrons. The molecule has 136 valence electrons. The molecule has 25 heavy (non-hydrogen) atoms. The van der Waals surface area contributed by atoms with E-state index in [0.717, 1.165) is 18.4 Å². The lowest BCUT2D eigenvalue weighted by Crippen LogP contribution is -2.03. The molecule has 0 aliphatic rings. The first-order valence-electron chi connectivity index (χ1n) is 8.92. The second kappa shape index (κ2) is 10.7. The van der Waals surface area contributed by atoms with E-state index in [0.29, 0.717) is 12.0 Å². The highest BCUT2D eigenvalue weighted by Gasteiger charge is 2.11. The number of hydrogen-bond acceptors (Lipinski definition) is 1. The molecule has 0 bridgehead atoms. The Balaban J connectivity index is 0.00000151. The normalized spacial score (nSPS) is 11.9. The van der Waals surface area contributed by atoms with Gasteiger partial charge in [-0.1, -0.05) is 57.5 Å². The highest BCUT2D eigenvalue weighted by Crippen LogP contribution is 2.23. The van der Waals surface area contributed by atoms with Gasteiger partial charge in [-0.3, -0.25) is 0 Å². The number of allylic oxidation sites excluding steroid dienone is 1. The molecule has 0 amide bonds. The number of phenols is 1. The molecule has 1 unspecified atom stereocenters. The van der Waals surface area contributed by atoms with Crippen molar-refractivity contribution in [3.8, 4) is 5.75 Å². The van der Waals surface area contributed by atoms with Gasteiger partial charge in [0.05, 0.1) is 0 Å². The van der Waals surface area contributed by atoms with Gasteiger partial charge in [0.25, 0.3) is 0 Å². The first-order valence-corrected chi connectivity index (χ1v) is 8.92. The lowest BCUT2D eigenvalue weighted by atomic mass is 9.93. The molecule has 0 spiro atoms. The van der Waals surface area contributed by atoms with Crippen LogP contribution in [0.2, 0.25) is 0 Å². The highest BCUT2D eigenvalue weighted by atomic mass is 19.1. The van der Waals surface area contributed by atoms with E-state index in [1.807, 2.05) is 38.1 Å². The third kappa shape index (κ3) is 6.33. The standard InChI is InChI=1S/C20H22F2O.C2H6/c1-3-6-15(9-10-17-7-4-5-8-20(17)23)11-16-12-18(21)14(2)19(22)13-16;1-2/h4-5,7-10,12-13,15,23H,3,6,11H2,1-2H3;1-2H3/b10-9+;. The molecule has 0 aliphatic heterocycles. The lowest BCUT2D eigenvalue weighted by molar-refractivity contribution is 0.474. The van der Waals surface area contributed by atoms with Crippen LogP contribution >= 0.6 is 0 Å². The summed E-state index contributed by atoms with van der Waals surface area (Å²) < 4.78 is 27.4. The highest BCUT2D eigenvalue weighted by molar-refractivity contribution is 5.56. The zero-order valence-corrected chi connectivity index (χ0v) is 15.5. The second-order valence-electron chi connectivity index (χ2n) is 5.86. The maximum atomic E-state index is 13.7. The summed E-state index contributed by atoms with van der Waals surface area (Å²) in [6.45, 7) is 7.52. The predicted molar refractivity (Wildman–Crippen MR) is 102 cm³/mol. The minimum absolute atomic E-state index is 0.0607. The molecule has 2 rings (SSSR count). The van der Waals surface area contributed by atoms with E-state index in [1.165, 1.54) is 19.1 Å². The van der Waals surface area contributed by atoms with Gasteiger partial charge >= 0.3 is 0 Å². The molecule has 2 aromatic carbocycles. The van der Waals surface area contributed by atoms with Crippen molar-refractivity contribution >= 4 is 6.08 Å². The van der Waals surface area contributed by atoms with E-state index in [1.54, 1.807) is 12.1 Å². The Kier molecular flexibility index (Phi) is 8.90. The maximum absolute atomic E-state index is 13.7. The number of para-hydroxylation sites is 1. The van der Waals surface area contributed by atoms with E-state index in [2.05, 4.69) is 6.92 Å². The Hall–Kier alpha value is -2.16. The molecule has 0 fully saturated rings. The zero-order valence-electron chi connectivity index (χ0n) is 15.5. The van der Waals surface area contributed by atoms with Crippen molar-refractivity contribution < 1.29 is 13.9 Å². The van der Waals surface area contributed by atoms with Crippen LogP contribution in [0.15, 0.2) is 42.5 Å². The average molecular weight is 346 g/mol. The SMILES string of the molecule is CC.CCCC(/C=C/c1ccccc1O)Cc1cc(F)c(C)c(F)c1. The fourth-order valence-electron chi connectivity index (χ4n) is 2.62. The summed E-state index contributed by atoms with van der Waals surface area (Å²) in [7, 11) is 0. The van der Waals surface area contributed by atoms with Gasteiger partial charge in [-0.05, 0) is 49.4 Å². The number of aromatic hydroxyl groups is 1. The zero-order chi connectivity index (χ0) is 18.8. The van der Waals surface area contributed by atoms with Crippen LogP contribution in [-0.2, 0) is 6.42 Å². The van der Waals surface area contributed by atoms with Crippen molar-refractivity contribution in [1.29, 1.82) is 0 Å². The maximum Gasteiger partial charge on any atom is 0.129 e. The van der Waals surface area contributed by atoms with Crippen molar-refractivity contribution in [2.75, 3.05) is 0 Å². The van der Waals surface area contributed by atoms with Crippen LogP contribution in [0, 0.1) is 24.5 Å². The molecule has 0 heterocycles. The quantitative estimate of drug-likeness (QED) is 0.619. The monoisotopic (exact) mass is 346 g/mol. The van der Waals surface area contributed by atoms with Gasteiger partial charge in [0.2, 0.25) is 0 Å². The van der Waals surface area contributed by atoms with Gasteiger partial charge in [0, 0.05) is 11.1 Å². The minimum Gasteiger partial charge on any atom is -0.507 e. The second-order valence-corrected chi connectivity index (χ2v) is 5.86. The number of phenolic OH excluding ortho intramolecular Hbond substituents is 1. The summed E-state index contributed by atoms with van der Waals surface area (Å²) >= 11 is 0. The fourth-order valence-corrected chi connectivity index (χ4v) is 2.62. The Labute approximate surface area is 150 Å². The van der Waals surface area contributed by atoms with Crippen molar-refractivity contribution in [2.24, 2.45) is 5.92 Å². The molecule has 0 saturated heterocycles. The summed E-state index contributed by atoms with van der Waals surface area (Å²) in [4.78, 5) is 0. The van der Waals surface area contributed by atoms with Crippen LogP contribution in [0.5, 0.6) is 5.75 Å². The summed E-state index contributed by atoms with van der Waals surface area (Å²) in [5.41, 5.74) is 1.46. The van der Waals surface area contributed by atoms with E-state index >= 15 is 0 Å². The Bertz CT molecular complexity index is 669. The molecule has 3 heteroatoms. The van der Waals surface area contributed by atoms with E-state index in [9.17, 15) is 13.9 Å². The molecule has 0 aliphatic carbocycles. The third-order valence-corrected chi connectivity index (χ3v) is 3.98. The van der Waals surface area contributed by atoms with Crippen molar-refractivity contribution in [3.63, 3.8) is 0 Å². The van der Waals surface area contributed by atoms with Crippen LogP contribution in [0.4, 0.5) is 8.78 Å². The van der Waals surface area contributed by atoms with Crippen LogP contribution < -0.4 is 0 Å². The summed E-state index contributed by atoms with van der Waals surface area (Å²) in [6.07, 6.45) is 6.35. The van der Waals surface area contributed by atoms with Gasteiger partial charge in [-0.25, -0.2) is 8.78 Å².